The van der Waals surface area contributed by atoms with Crippen molar-refractivity contribution >= 4 is 32.7 Å². The first kappa shape index (κ1) is 29.7. The first-order valence-corrected chi connectivity index (χ1v) is 15.7. The number of hydrogen-bond donors (Lipinski definition) is 1. The van der Waals surface area contributed by atoms with Crippen LogP contribution in [0.5, 0.6) is 17.2 Å². The highest BCUT2D eigenvalue weighted by atomic mass is 16.5. The maximum atomic E-state index is 13.8. The number of aliphatic hydroxyl groups is 1. The molecule has 0 atom stereocenters. The van der Waals surface area contributed by atoms with Crippen molar-refractivity contribution in [2.24, 2.45) is 0 Å². The third-order valence-electron chi connectivity index (χ3n) is 8.83. The molecule has 0 aliphatic carbocycles. The van der Waals surface area contributed by atoms with E-state index in [2.05, 4.69) is 89.5 Å². The number of aromatic nitrogens is 3. The van der Waals surface area contributed by atoms with Crippen LogP contribution >= 0.6 is 0 Å². The highest BCUT2D eigenvalue weighted by Crippen LogP contribution is 2.48. The lowest BCUT2D eigenvalue weighted by atomic mass is 9.80. The summed E-state index contributed by atoms with van der Waals surface area (Å²) in [6.45, 7) is 9.02. The molecule has 7 heteroatoms. The smallest absolute Gasteiger partial charge is 0.146 e. The van der Waals surface area contributed by atoms with Gasteiger partial charge in [-0.1, -0.05) is 20.8 Å². The molecule has 0 aliphatic heterocycles. The van der Waals surface area contributed by atoms with Crippen LogP contribution in [0, 0.1) is 0 Å². The van der Waals surface area contributed by atoms with E-state index < -0.39 is 5.60 Å². The Labute approximate surface area is 259 Å². The molecule has 0 bridgehead atoms. The average Bonchev–Trinajstić information content (AvgIpc) is 3.73. The Bertz CT molecular complexity index is 1720. The number of rotatable bonds is 12. The summed E-state index contributed by atoms with van der Waals surface area (Å²) in [5.41, 5.74) is 4.10. The van der Waals surface area contributed by atoms with E-state index in [0.717, 1.165) is 106 Å². The molecular formula is C37H43N3O4. The Kier molecular flexibility index (Phi) is 8.08. The minimum Gasteiger partial charge on any atom is -0.497 e. The minimum atomic E-state index is -1.53. The van der Waals surface area contributed by atoms with Crippen LogP contribution in [0.25, 0.3) is 32.7 Å². The molecule has 0 radical (unpaired) electrons. The fraction of sp³-hybridized carbons (Fsp3) is 0.351. The molecule has 0 spiro atoms. The molecule has 3 aromatic carbocycles. The van der Waals surface area contributed by atoms with Crippen molar-refractivity contribution in [3.63, 3.8) is 0 Å². The summed E-state index contributed by atoms with van der Waals surface area (Å²) in [7, 11) is 5.06. The third kappa shape index (κ3) is 4.70. The first-order valence-electron chi connectivity index (χ1n) is 15.7. The van der Waals surface area contributed by atoms with Gasteiger partial charge in [0.15, 0.2) is 0 Å². The molecule has 6 aromatic rings. The Balaban J connectivity index is 1.80. The molecule has 0 aliphatic rings. The van der Waals surface area contributed by atoms with Crippen LogP contribution in [-0.2, 0) is 25.2 Å². The summed E-state index contributed by atoms with van der Waals surface area (Å²) in [5.74, 6) is 2.25. The molecule has 7 nitrogen and oxygen atoms in total. The van der Waals surface area contributed by atoms with E-state index in [0.29, 0.717) is 0 Å². The summed E-state index contributed by atoms with van der Waals surface area (Å²) >= 11 is 0. The van der Waals surface area contributed by atoms with Gasteiger partial charge < -0.3 is 33.0 Å². The Morgan fingerprint density at radius 2 is 0.818 bits per heavy atom. The van der Waals surface area contributed by atoms with Crippen molar-refractivity contribution in [2.75, 3.05) is 21.3 Å². The SMILES string of the molecule is CCCn1cc(C(O)(c2cn(CCC)c3ccc(OC)cc23)c2cn(CCC)c3ccc(OC)cc23)c2cc(OC)ccc21. The summed E-state index contributed by atoms with van der Waals surface area (Å²) in [4.78, 5) is 0. The predicted molar refractivity (Wildman–Crippen MR) is 178 cm³/mol. The van der Waals surface area contributed by atoms with Gasteiger partial charge in [-0.15, -0.1) is 0 Å². The topological polar surface area (TPSA) is 62.7 Å². The van der Waals surface area contributed by atoms with Gasteiger partial charge in [0.25, 0.3) is 0 Å². The van der Waals surface area contributed by atoms with E-state index in [-0.39, 0.29) is 0 Å². The van der Waals surface area contributed by atoms with Gasteiger partial charge in [0, 0.05) is 87.6 Å². The number of benzene rings is 3. The summed E-state index contributed by atoms with van der Waals surface area (Å²) in [6.07, 6.45) is 9.31. The Morgan fingerprint density at radius 3 is 1.07 bits per heavy atom. The van der Waals surface area contributed by atoms with Crippen LogP contribution in [-0.4, -0.2) is 40.1 Å². The second kappa shape index (κ2) is 12.0. The lowest BCUT2D eigenvalue weighted by Crippen LogP contribution is -2.28. The van der Waals surface area contributed by atoms with E-state index in [1.54, 1.807) is 21.3 Å². The number of fused-ring (bicyclic) bond motifs is 3. The fourth-order valence-electron chi connectivity index (χ4n) is 6.79. The van der Waals surface area contributed by atoms with Gasteiger partial charge in [-0.25, -0.2) is 0 Å². The Morgan fingerprint density at radius 1 is 0.523 bits per heavy atom. The van der Waals surface area contributed by atoms with Gasteiger partial charge in [0.05, 0.1) is 21.3 Å². The van der Waals surface area contributed by atoms with Crippen LogP contribution in [0.1, 0.15) is 56.7 Å². The quantitative estimate of drug-likeness (QED) is 0.156. The van der Waals surface area contributed by atoms with Crippen molar-refractivity contribution in [1.29, 1.82) is 0 Å². The van der Waals surface area contributed by atoms with Crippen LogP contribution < -0.4 is 14.2 Å². The normalized spacial score (nSPS) is 12.1. The van der Waals surface area contributed by atoms with Crippen molar-refractivity contribution in [3.05, 3.63) is 89.9 Å². The van der Waals surface area contributed by atoms with Gasteiger partial charge in [-0.05, 0) is 73.9 Å². The highest BCUT2D eigenvalue weighted by molar-refractivity contribution is 5.95. The van der Waals surface area contributed by atoms with Crippen molar-refractivity contribution < 1.29 is 19.3 Å². The standard InChI is InChI=1S/C37H43N3O4/c1-7-16-38-22-31(28-19-25(42-4)10-13-34(28)38)37(41,32-23-39(17-8-2)35-14-11-26(43-5)20-29(32)35)33-24-40(18-9-3)36-15-12-27(44-6)21-30(33)36/h10-15,19-24,41H,7-9,16-18H2,1-6H3. The predicted octanol–water partition coefficient (Wildman–Crippen LogP) is 8.09. The molecule has 3 heterocycles. The van der Waals surface area contributed by atoms with Crippen LogP contribution in [0.4, 0.5) is 0 Å². The van der Waals surface area contributed by atoms with Gasteiger partial charge in [-0.2, -0.15) is 0 Å². The molecule has 44 heavy (non-hydrogen) atoms. The van der Waals surface area contributed by atoms with Crippen molar-refractivity contribution in [1.82, 2.24) is 13.7 Å². The molecule has 3 aromatic heterocycles. The van der Waals surface area contributed by atoms with E-state index in [1.807, 2.05) is 18.2 Å². The third-order valence-corrected chi connectivity index (χ3v) is 8.83. The van der Waals surface area contributed by atoms with Crippen molar-refractivity contribution in [3.8, 4) is 17.2 Å². The number of methoxy groups -OCH3 is 3. The van der Waals surface area contributed by atoms with Gasteiger partial charge in [0.1, 0.15) is 22.8 Å². The lowest BCUT2D eigenvalue weighted by Gasteiger charge is -2.29. The van der Waals surface area contributed by atoms with E-state index in [4.69, 9.17) is 14.2 Å². The van der Waals surface area contributed by atoms with Crippen LogP contribution in [0.3, 0.4) is 0 Å². The van der Waals surface area contributed by atoms with Crippen LogP contribution in [0.2, 0.25) is 0 Å². The molecule has 0 saturated carbocycles. The fourth-order valence-corrected chi connectivity index (χ4v) is 6.79. The minimum absolute atomic E-state index is 0.750. The number of aryl methyl sites for hydroxylation is 3. The van der Waals surface area contributed by atoms with E-state index in [9.17, 15) is 5.11 Å². The molecule has 0 saturated heterocycles. The summed E-state index contributed by atoms with van der Waals surface area (Å²) in [6, 6.07) is 18.4. The number of nitrogens with zero attached hydrogens (tertiary/aromatic N) is 3. The van der Waals surface area contributed by atoms with E-state index >= 15 is 0 Å². The summed E-state index contributed by atoms with van der Waals surface area (Å²) in [5, 5.41) is 16.7. The zero-order valence-electron chi connectivity index (χ0n) is 26.7. The molecule has 0 fully saturated rings. The zero-order valence-corrected chi connectivity index (χ0v) is 26.7. The maximum Gasteiger partial charge on any atom is 0.146 e. The first-order chi connectivity index (χ1) is 21.4. The highest BCUT2D eigenvalue weighted by Gasteiger charge is 2.42. The zero-order chi connectivity index (χ0) is 31.0. The monoisotopic (exact) mass is 593 g/mol. The second-order valence-corrected chi connectivity index (χ2v) is 11.6. The van der Waals surface area contributed by atoms with Crippen molar-refractivity contribution in [2.45, 2.75) is 65.3 Å². The number of ether oxygens (including phenoxy) is 3. The molecule has 6 rings (SSSR count). The molecule has 230 valence electrons. The van der Waals surface area contributed by atoms with Gasteiger partial charge in [-0.3, -0.25) is 0 Å². The van der Waals surface area contributed by atoms with E-state index in [1.165, 1.54) is 0 Å². The Hall–Kier alpha value is -4.36. The maximum absolute atomic E-state index is 13.8. The summed E-state index contributed by atoms with van der Waals surface area (Å²) < 4.78 is 23.9. The second-order valence-electron chi connectivity index (χ2n) is 11.6. The molecule has 1 N–H and O–H groups in total. The van der Waals surface area contributed by atoms with Crippen LogP contribution in [0.15, 0.2) is 73.2 Å². The molecular weight excluding hydrogens is 550 g/mol. The molecule has 0 amide bonds. The van der Waals surface area contributed by atoms with Gasteiger partial charge >= 0.3 is 0 Å². The average molecular weight is 594 g/mol. The lowest BCUT2D eigenvalue weighted by molar-refractivity contribution is 0.129. The largest absolute Gasteiger partial charge is 0.497 e. The molecule has 0 unspecified atom stereocenters. The number of hydrogen-bond acceptors (Lipinski definition) is 4. The van der Waals surface area contributed by atoms with Gasteiger partial charge in [0.2, 0.25) is 0 Å².